The molecule has 0 spiro atoms. The molecule has 2 aromatic carbocycles. The highest BCUT2D eigenvalue weighted by molar-refractivity contribution is 5.92. The van der Waals surface area contributed by atoms with E-state index >= 15 is 0 Å². The van der Waals surface area contributed by atoms with E-state index in [1.54, 1.807) is 6.07 Å². The number of nitrogens with two attached hydrogens (primary N) is 1. The van der Waals surface area contributed by atoms with Gasteiger partial charge in [-0.3, -0.25) is 9.69 Å². The Morgan fingerprint density at radius 2 is 1.88 bits per heavy atom. The van der Waals surface area contributed by atoms with E-state index in [0.29, 0.717) is 18.7 Å². The second-order valence-electron chi connectivity index (χ2n) is 8.51. The van der Waals surface area contributed by atoms with E-state index in [9.17, 15) is 9.59 Å². The van der Waals surface area contributed by atoms with E-state index in [0.717, 1.165) is 53.7 Å². The van der Waals surface area contributed by atoms with Gasteiger partial charge in [0, 0.05) is 55.8 Å². The van der Waals surface area contributed by atoms with Gasteiger partial charge in [-0.1, -0.05) is 36.4 Å². The minimum absolute atomic E-state index is 0.329. The smallest absolute Gasteiger partial charge is 0.338 e. The summed E-state index contributed by atoms with van der Waals surface area (Å²) in [4.78, 5) is 33.1. The number of anilines is 2. The number of hydrogen-bond donors (Lipinski definition) is 2. The summed E-state index contributed by atoms with van der Waals surface area (Å²) in [5, 5.41) is 6.41. The van der Waals surface area contributed by atoms with Gasteiger partial charge in [-0.25, -0.2) is 9.78 Å². The molecule has 1 atom stereocenters. The largest absolute Gasteiger partial charge is 0.423 e. The molecule has 0 saturated carbocycles. The third kappa shape index (κ3) is 4.45. The second-order valence-corrected chi connectivity index (χ2v) is 8.51. The molecule has 0 aliphatic carbocycles. The predicted molar refractivity (Wildman–Crippen MR) is 134 cm³/mol. The Labute approximate surface area is 197 Å². The molecule has 2 aromatic heterocycles. The molecule has 3 heterocycles. The van der Waals surface area contributed by atoms with Crippen LogP contribution in [0.15, 0.2) is 76.1 Å². The number of carbonyl (C=O) groups is 1. The number of aromatic nitrogens is 1. The fourth-order valence-electron chi connectivity index (χ4n) is 4.67. The van der Waals surface area contributed by atoms with Gasteiger partial charge >= 0.3 is 5.63 Å². The monoisotopic (exact) mass is 457 g/mol. The molecule has 0 radical (unpaired) electrons. The van der Waals surface area contributed by atoms with Gasteiger partial charge in [-0.05, 0) is 30.0 Å². The van der Waals surface area contributed by atoms with Gasteiger partial charge in [0.15, 0.2) is 0 Å². The molecule has 1 saturated heterocycles. The summed E-state index contributed by atoms with van der Waals surface area (Å²) in [6, 6.07) is 18.7. The number of nitrogens with zero attached hydrogens (tertiary/aromatic N) is 3. The number of hydrogen-bond acceptors (Lipinski definition) is 7. The van der Waals surface area contributed by atoms with Gasteiger partial charge in [0.1, 0.15) is 17.4 Å². The molecule has 1 aliphatic heterocycles. The Kier molecular flexibility index (Phi) is 6.14. The van der Waals surface area contributed by atoms with Crippen molar-refractivity contribution in [3.63, 3.8) is 0 Å². The van der Waals surface area contributed by atoms with Gasteiger partial charge in [0.2, 0.25) is 5.91 Å². The fourth-order valence-corrected chi connectivity index (χ4v) is 4.67. The van der Waals surface area contributed by atoms with Crippen LogP contribution in [0.5, 0.6) is 0 Å². The van der Waals surface area contributed by atoms with E-state index in [2.05, 4.69) is 32.2 Å². The summed E-state index contributed by atoms with van der Waals surface area (Å²) in [6.07, 6.45) is 2.60. The van der Waals surface area contributed by atoms with Gasteiger partial charge in [-0.15, -0.1) is 0 Å². The lowest BCUT2D eigenvalue weighted by molar-refractivity contribution is -0.123. The normalized spacial score (nSPS) is 16.7. The lowest BCUT2D eigenvalue weighted by atomic mass is 10.1. The lowest BCUT2D eigenvalue weighted by Crippen LogP contribution is -2.58. The summed E-state index contributed by atoms with van der Waals surface area (Å²) in [5.74, 6) is 0.560. The van der Waals surface area contributed by atoms with E-state index in [1.165, 1.54) is 6.07 Å². The average Bonchev–Trinajstić information content (AvgIpc) is 2.86. The van der Waals surface area contributed by atoms with Crippen molar-refractivity contribution >= 4 is 39.2 Å². The molecule has 0 bridgehead atoms. The molecule has 1 amide bonds. The van der Waals surface area contributed by atoms with Crippen LogP contribution in [0, 0.1) is 0 Å². The Hall–Kier alpha value is -3.91. The van der Waals surface area contributed by atoms with Crippen molar-refractivity contribution in [1.82, 2.24) is 9.88 Å². The van der Waals surface area contributed by atoms with Gasteiger partial charge in [0.05, 0.1) is 5.69 Å². The van der Waals surface area contributed by atoms with E-state index in [-0.39, 0.29) is 17.6 Å². The zero-order valence-electron chi connectivity index (χ0n) is 18.8. The van der Waals surface area contributed by atoms with Crippen LogP contribution in [0.1, 0.15) is 6.42 Å². The molecular formula is C26H27N5O3. The highest BCUT2D eigenvalue weighted by atomic mass is 16.4. The molecule has 8 heteroatoms. The van der Waals surface area contributed by atoms with Crippen molar-refractivity contribution in [1.29, 1.82) is 0 Å². The van der Waals surface area contributed by atoms with Crippen LogP contribution in [-0.4, -0.2) is 54.6 Å². The predicted octanol–water partition coefficient (Wildman–Crippen LogP) is 2.82. The van der Waals surface area contributed by atoms with Crippen molar-refractivity contribution in [3.8, 4) is 0 Å². The maximum Gasteiger partial charge on any atom is 0.338 e. The zero-order chi connectivity index (χ0) is 23.5. The number of amides is 1. The number of primary amides is 1. The highest BCUT2D eigenvalue weighted by Crippen LogP contribution is 2.26. The Morgan fingerprint density at radius 3 is 2.74 bits per heavy atom. The second kappa shape index (κ2) is 9.52. The molecule has 1 fully saturated rings. The first kappa shape index (κ1) is 21.9. The number of pyridine rings is 1. The standard InChI is InChI=1S/C26H27N5O3/c27-25(33)22-17-31(26-19-7-2-1-6-18(19)10-12-29-26)15-14-30(22)13-5-11-28-21-16-24(32)34-23-9-4-3-8-20(21)23/h1-4,6-10,12,16,22,28H,5,11,13-15,17H2,(H2,27,33). The van der Waals surface area contributed by atoms with Gasteiger partial charge in [0.25, 0.3) is 0 Å². The Morgan fingerprint density at radius 1 is 1.09 bits per heavy atom. The molecule has 8 nitrogen and oxygen atoms in total. The number of piperazine rings is 1. The summed E-state index contributed by atoms with van der Waals surface area (Å²) in [5.41, 5.74) is 6.73. The molecule has 3 N–H and O–H groups in total. The van der Waals surface area contributed by atoms with Crippen molar-refractivity contribution in [3.05, 3.63) is 77.3 Å². The Bertz CT molecular complexity index is 1380. The third-order valence-corrected chi connectivity index (χ3v) is 6.36. The summed E-state index contributed by atoms with van der Waals surface area (Å²) in [6.45, 7) is 3.37. The van der Waals surface area contributed by atoms with Crippen LogP contribution in [0.3, 0.4) is 0 Å². The van der Waals surface area contributed by atoms with Crippen molar-refractivity contribution in [2.45, 2.75) is 12.5 Å². The van der Waals surface area contributed by atoms with Crippen LogP contribution < -0.4 is 21.6 Å². The third-order valence-electron chi connectivity index (χ3n) is 6.36. The topological polar surface area (TPSA) is 105 Å². The van der Waals surface area contributed by atoms with E-state index in [1.807, 2.05) is 42.6 Å². The molecule has 1 unspecified atom stereocenters. The van der Waals surface area contributed by atoms with Crippen LogP contribution in [-0.2, 0) is 4.79 Å². The maximum atomic E-state index is 12.3. The van der Waals surface area contributed by atoms with Crippen molar-refractivity contribution < 1.29 is 9.21 Å². The first-order valence-corrected chi connectivity index (χ1v) is 11.5. The van der Waals surface area contributed by atoms with Crippen LogP contribution in [0.4, 0.5) is 11.5 Å². The number of nitrogens with one attached hydrogen (secondary N) is 1. The number of rotatable bonds is 7. The quantitative estimate of drug-likeness (QED) is 0.325. The van der Waals surface area contributed by atoms with Gasteiger partial charge < -0.3 is 20.4 Å². The van der Waals surface area contributed by atoms with Crippen molar-refractivity contribution in [2.75, 3.05) is 42.9 Å². The maximum absolute atomic E-state index is 12.3. The van der Waals surface area contributed by atoms with E-state index < -0.39 is 0 Å². The molecule has 5 rings (SSSR count). The average molecular weight is 458 g/mol. The minimum atomic E-state index is -0.390. The molecule has 4 aromatic rings. The first-order valence-electron chi connectivity index (χ1n) is 11.5. The molecular weight excluding hydrogens is 430 g/mol. The Balaban J connectivity index is 1.23. The summed E-state index contributed by atoms with van der Waals surface area (Å²) >= 11 is 0. The fraction of sp³-hybridized carbons (Fsp3) is 0.269. The molecule has 1 aliphatic rings. The van der Waals surface area contributed by atoms with Crippen LogP contribution in [0.25, 0.3) is 21.7 Å². The highest BCUT2D eigenvalue weighted by Gasteiger charge is 2.31. The van der Waals surface area contributed by atoms with E-state index in [4.69, 9.17) is 10.2 Å². The number of benzene rings is 2. The SMILES string of the molecule is NC(=O)C1CN(c2nccc3ccccc23)CCN1CCCNc1cc(=O)oc2ccccc12. The number of para-hydroxylation sites is 1. The van der Waals surface area contributed by atoms with Crippen LogP contribution >= 0.6 is 0 Å². The number of carbonyl (C=O) groups excluding carboxylic acids is 1. The zero-order valence-corrected chi connectivity index (χ0v) is 18.8. The molecule has 174 valence electrons. The lowest BCUT2D eigenvalue weighted by Gasteiger charge is -2.40. The minimum Gasteiger partial charge on any atom is -0.423 e. The van der Waals surface area contributed by atoms with Crippen molar-refractivity contribution in [2.24, 2.45) is 5.73 Å². The van der Waals surface area contributed by atoms with Crippen LogP contribution in [0.2, 0.25) is 0 Å². The summed E-state index contributed by atoms with van der Waals surface area (Å²) < 4.78 is 5.25. The van der Waals surface area contributed by atoms with Gasteiger partial charge in [-0.2, -0.15) is 0 Å². The molecule has 34 heavy (non-hydrogen) atoms. The summed E-state index contributed by atoms with van der Waals surface area (Å²) in [7, 11) is 0. The first-order chi connectivity index (χ1) is 16.6. The number of fused-ring (bicyclic) bond motifs is 2.